The lowest BCUT2D eigenvalue weighted by Crippen LogP contribution is -2.11. The Labute approximate surface area is 79.3 Å². The van der Waals surface area contributed by atoms with Crippen LogP contribution < -0.4 is 0 Å². The smallest absolute Gasteiger partial charge is 0.200 e. The van der Waals surface area contributed by atoms with Crippen LogP contribution in [0.1, 0.15) is 26.7 Å². The highest BCUT2D eigenvalue weighted by atomic mass is 16.5. The van der Waals surface area contributed by atoms with Crippen molar-refractivity contribution in [1.82, 2.24) is 0 Å². The van der Waals surface area contributed by atoms with Gasteiger partial charge in [-0.15, -0.1) is 6.58 Å². The third-order valence-electron chi connectivity index (χ3n) is 2.27. The SMILES string of the molecule is C=CCC1CC(C)=C(OCC)C1=O. The average molecular weight is 180 g/mol. The van der Waals surface area contributed by atoms with Crippen molar-refractivity contribution in [3.63, 3.8) is 0 Å². The summed E-state index contributed by atoms with van der Waals surface area (Å²) in [6.07, 6.45) is 3.39. The molecule has 1 aliphatic carbocycles. The highest BCUT2D eigenvalue weighted by Crippen LogP contribution is 2.30. The van der Waals surface area contributed by atoms with Gasteiger partial charge in [0.15, 0.2) is 5.76 Å². The number of Topliss-reactive ketones (excluding diaryl/α,β-unsaturated/α-hetero) is 1. The third kappa shape index (κ3) is 2.00. The molecule has 0 amide bonds. The van der Waals surface area contributed by atoms with Crippen LogP contribution in [0.4, 0.5) is 0 Å². The van der Waals surface area contributed by atoms with Gasteiger partial charge in [0.1, 0.15) is 0 Å². The van der Waals surface area contributed by atoms with Crippen molar-refractivity contribution in [3.05, 3.63) is 24.0 Å². The Morgan fingerprint density at radius 3 is 2.92 bits per heavy atom. The maximum atomic E-state index is 11.7. The molecule has 1 aliphatic rings. The lowest BCUT2D eigenvalue weighted by molar-refractivity contribution is -0.121. The van der Waals surface area contributed by atoms with E-state index in [4.69, 9.17) is 4.74 Å². The topological polar surface area (TPSA) is 26.3 Å². The molecule has 13 heavy (non-hydrogen) atoms. The summed E-state index contributed by atoms with van der Waals surface area (Å²) < 4.78 is 5.30. The first-order valence-corrected chi connectivity index (χ1v) is 4.68. The highest BCUT2D eigenvalue weighted by molar-refractivity contribution is 5.98. The minimum atomic E-state index is 0.0825. The molecule has 0 saturated carbocycles. The van der Waals surface area contributed by atoms with Gasteiger partial charge in [-0.2, -0.15) is 0 Å². The van der Waals surface area contributed by atoms with E-state index in [1.165, 1.54) is 0 Å². The van der Waals surface area contributed by atoms with Gasteiger partial charge < -0.3 is 4.74 Å². The van der Waals surface area contributed by atoms with Crippen LogP contribution in [0.3, 0.4) is 0 Å². The Morgan fingerprint density at radius 1 is 1.69 bits per heavy atom. The quantitative estimate of drug-likeness (QED) is 0.621. The number of hydrogen-bond acceptors (Lipinski definition) is 2. The Bertz CT molecular complexity index is 251. The Morgan fingerprint density at radius 2 is 2.38 bits per heavy atom. The minimum absolute atomic E-state index is 0.0825. The van der Waals surface area contributed by atoms with Crippen LogP contribution in [0.25, 0.3) is 0 Å². The molecule has 0 aromatic rings. The van der Waals surface area contributed by atoms with Gasteiger partial charge in [0.25, 0.3) is 0 Å². The van der Waals surface area contributed by atoms with E-state index >= 15 is 0 Å². The summed E-state index contributed by atoms with van der Waals surface area (Å²) in [4.78, 5) is 11.7. The van der Waals surface area contributed by atoms with Crippen LogP contribution in [-0.2, 0) is 9.53 Å². The normalized spacial score (nSPS) is 22.3. The van der Waals surface area contributed by atoms with Crippen molar-refractivity contribution in [2.24, 2.45) is 5.92 Å². The highest BCUT2D eigenvalue weighted by Gasteiger charge is 2.31. The summed E-state index contributed by atoms with van der Waals surface area (Å²) in [6, 6.07) is 0. The summed E-state index contributed by atoms with van der Waals surface area (Å²) in [5.41, 5.74) is 1.08. The largest absolute Gasteiger partial charge is 0.490 e. The molecule has 0 heterocycles. The molecule has 0 N–H and O–H groups in total. The number of rotatable bonds is 4. The molecule has 0 fully saturated rings. The first-order valence-electron chi connectivity index (χ1n) is 4.68. The lowest BCUT2D eigenvalue weighted by Gasteiger charge is -2.05. The third-order valence-corrected chi connectivity index (χ3v) is 2.27. The second-order valence-corrected chi connectivity index (χ2v) is 3.33. The molecule has 0 bridgehead atoms. The molecule has 2 heteroatoms. The standard InChI is InChI=1S/C11H16O2/c1-4-6-9-7-8(3)11(10(9)12)13-5-2/h4,9H,1,5-7H2,2-3H3. The van der Waals surface area contributed by atoms with Gasteiger partial charge >= 0.3 is 0 Å². The number of allylic oxidation sites excluding steroid dienone is 3. The molecular weight excluding hydrogens is 164 g/mol. The van der Waals surface area contributed by atoms with Gasteiger partial charge in [0, 0.05) is 5.92 Å². The van der Waals surface area contributed by atoms with Crippen molar-refractivity contribution in [2.45, 2.75) is 26.7 Å². The Hall–Kier alpha value is -1.05. The summed E-state index contributed by atoms with van der Waals surface area (Å²) in [7, 11) is 0. The van der Waals surface area contributed by atoms with Crippen LogP contribution in [0.2, 0.25) is 0 Å². The zero-order chi connectivity index (χ0) is 9.84. The first kappa shape index (κ1) is 10.0. The zero-order valence-electron chi connectivity index (χ0n) is 8.30. The van der Waals surface area contributed by atoms with Crippen molar-refractivity contribution in [3.8, 4) is 0 Å². The van der Waals surface area contributed by atoms with E-state index in [1.54, 1.807) is 6.08 Å². The van der Waals surface area contributed by atoms with Crippen LogP contribution in [0.5, 0.6) is 0 Å². The van der Waals surface area contributed by atoms with Gasteiger partial charge in [-0.3, -0.25) is 4.79 Å². The molecular formula is C11H16O2. The fourth-order valence-electron chi connectivity index (χ4n) is 1.68. The average Bonchev–Trinajstić information content (AvgIpc) is 2.34. The van der Waals surface area contributed by atoms with Gasteiger partial charge in [-0.05, 0) is 32.3 Å². The minimum Gasteiger partial charge on any atom is -0.490 e. The molecule has 0 aliphatic heterocycles. The zero-order valence-corrected chi connectivity index (χ0v) is 8.30. The van der Waals surface area contributed by atoms with Crippen LogP contribution >= 0.6 is 0 Å². The molecule has 2 nitrogen and oxygen atoms in total. The van der Waals surface area contributed by atoms with Crippen molar-refractivity contribution >= 4 is 5.78 Å². The molecule has 0 aromatic carbocycles. The number of ketones is 1. The van der Waals surface area contributed by atoms with E-state index in [0.717, 1.165) is 18.4 Å². The molecule has 1 rings (SSSR count). The van der Waals surface area contributed by atoms with E-state index in [9.17, 15) is 4.79 Å². The summed E-state index contributed by atoms with van der Waals surface area (Å²) in [5, 5.41) is 0. The van der Waals surface area contributed by atoms with E-state index in [-0.39, 0.29) is 11.7 Å². The monoisotopic (exact) mass is 180 g/mol. The predicted molar refractivity (Wildman–Crippen MR) is 52.3 cm³/mol. The summed E-state index contributed by atoms with van der Waals surface area (Å²) >= 11 is 0. The maximum absolute atomic E-state index is 11.7. The van der Waals surface area contributed by atoms with E-state index in [2.05, 4.69) is 6.58 Å². The van der Waals surface area contributed by atoms with Gasteiger partial charge in [0.2, 0.25) is 5.78 Å². The summed E-state index contributed by atoms with van der Waals surface area (Å²) in [6.45, 7) is 8.07. The predicted octanol–water partition coefficient (Wildman–Crippen LogP) is 2.46. The molecule has 0 saturated heterocycles. The number of ether oxygens (including phenoxy) is 1. The van der Waals surface area contributed by atoms with E-state index in [0.29, 0.717) is 12.4 Å². The number of carbonyl (C=O) groups is 1. The number of hydrogen-bond donors (Lipinski definition) is 0. The fraction of sp³-hybridized carbons (Fsp3) is 0.545. The van der Waals surface area contributed by atoms with Crippen LogP contribution in [0, 0.1) is 5.92 Å². The van der Waals surface area contributed by atoms with Gasteiger partial charge in [-0.1, -0.05) is 6.08 Å². The molecule has 0 aromatic heterocycles. The molecule has 1 atom stereocenters. The van der Waals surface area contributed by atoms with Crippen molar-refractivity contribution < 1.29 is 9.53 Å². The van der Waals surface area contributed by atoms with Gasteiger partial charge in [-0.25, -0.2) is 0 Å². The molecule has 72 valence electrons. The van der Waals surface area contributed by atoms with Crippen molar-refractivity contribution in [2.75, 3.05) is 6.61 Å². The maximum Gasteiger partial charge on any atom is 0.200 e. The number of carbonyl (C=O) groups excluding carboxylic acids is 1. The lowest BCUT2D eigenvalue weighted by atomic mass is 10.0. The summed E-state index contributed by atoms with van der Waals surface area (Å²) in [5.74, 6) is 0.827. The Kier molecular flexibility index (Phi) is 3.29. The van der Waals surface area contributed by atoms with Gasteiger partial charge in [0.05, 0.1) is 6.61 Å². The second-order valence-electron chi connectivity index (χ2n) is 3.33. The van der Waals surface area contributed by atoms with Crippen LogP contribution in [0.15, 0.2) is 24.0 Å². The van der Waals surface area contributed by atoms with Crippen LogP contribution in [-0.4, -0.2) is 12.4 Å². The fourth-order valence-corrected chi connectivity index (χ4v) is 1.68. The second kappa shape index (κ2) is 4.26. The first-order chi connectivity index (χ1) is 6.20. The molecule has 1 unspecified atom stereocenters. The molecule has 0 radical (unpaired) electrons. The van der Waals surface area contributed by atoms with E-state index in [1.807, 2.05) is 13.8 Å². The Balaban J connectivity index is 2.69. The molecule has 0 spiro atoms. The van der Waals surface area contributed by atoms with E-state index < -0.39 is 0 Å². The van der Waals surface area contributed by atoms with Crippen molar-refractivity contribution in [1.29, 1.82) is 0 Å².